The van der Waals surface area contributed by atoms with E-state index in [1.807, 2.05) is 26.0 Å². The quantitative estimate of drug-likeness (QED) is 0.273. The SMILES string of the molecule is CCCC(Oc1ccc(C)cc1-c1nsc2ccc(-n3c(=O)cc(C(F)(F)F)n(C)c3=O)cc12)C(=O)OCC. The highest BCUT2D eigenvalue weighted by Crippen LogP contribution is 2.38. The Bertz CT molecular complexity index is 1660. The maximum Gasteiger partial charge on any atom is 0.431 e. The molecule has 2 heterocycles. The zero-order chi connectivity index (χ0) is 28.5. The lowest BCUT2D eigenvalue weighted by Gasteiger charge is -2.19. The molecule has 0 saturated heterocycles. The van der Waals surface area contributed by atoms with Gasteiger partial charge in [0, 0.05) is 24.1 Å². The molecule has 4 aromatic rings. The Morgan fingerprint density at radius 1 is 1.10 bits per heavy atom. The average Bonchev–Trinajstić information content (AvgIpc) is 3.29. The van der Waals surface area contributed by atoms with Crippen molar-refractivity contribution in [2.75, 3.05) is 6.61 Å². The molecule has 1 unspecified atom stereocenters. The summed E-state index contributed by atoms with van der Waals surface area (Å²) in [6.07, 6.45) is -4.56. The molecule has 0 radical (unpaired) electrons. The second-order valence-electron chi connectivity index (χ2n) is 8.90. The third-order valence-electron chi connectivity index (χ3n) is 6.08. The van der Waals surface area contributed by atoms with Gasteiger partial charge in [0.1, 0.15) is 11.4 Å². The van der Waals surface area contributed by atoms with Crippen LogP contribution in [0.5, 0.6) is 5.75 Å². The number of halogens is 3. The molecule has 8 nitrogen and oxygen atoms in total. The summed E-state index contributed by atoms with van der Waals surface area (Å²) in [7, 11) is 0.962. The Kier molecular flexibility index (Phi) is 7.96. The second kappa shape index (κ2) is 11.0. The second-order valence-corrected chi connectivity index (χ2v) is 9.71. The fraction of sp³-hybridized carbons (Fsp3) is 0.333. The Balaban J connectivity index is 1.86. The number of carbonyl (C=O) groups excluding carboxylic acids is 1. The van der Waals surface area contributed by atoms with Gasteiger partial charge in [0.05, 0.1) is 22.7 Å². The van der Waals surface area contributed by atoms with Crippen LogP contribution in [0.4, 0.5) is 13.2 Å². The van der Waals surface area contributed by atoms with Gasteiger partial charge in [0.15, 0.2) is 6.10 Å². The molecule has 0 bridgehead atoms. The van der Waals surface area contributed by atoms with Crippen molar-refractivity contribution in [2.45, 2.75) is 45.9 Å². The van der Waals surface area contributed by atoms with Crippen molar-refractivity contribution < 1.29 is 27.4 Å². The first-order chi connectivity index (χ1) is 18.5. The van der Waals surface area contributed by atoms with E-state index in [1.54, 1.807) is 19.1 Å². The Morgan fingerprint density at radius 2 is 1.85 bits per heavy atom. The van der Waals surface area contributed by atoms with Crippen molar-refractivity contribution in [3.63, 3.8) is 0 Å². The zero-order valence-corrected chi connectivity index (χ0v) is 22.5. The number of rotatable bonds is 8. The minimum atomic E-state index is -4.86. The molecule has 0 aliphatic rings. The van der Waals surface area contributed by atoms with Crippen molar-refractivity contribution in [3.8, 4) is 22.7 Å². The first-order valence-corrected chi connectivity index (χ1v) is 13.0. The molecule has 206 valence electrons. The Hall–Kier alpha value is -3.93. The zero-order valence-electron chi connectivity index (χ0n) is 21.7. The monoisotopic (exact) mass is 561 g/mol. The minimum absolute atomic E-state index is 0.0915. The van der Waals surface area contributed by atoms with Gasteiger partial charge in [-0.1, -0.05) is 25.0 Å². The average molecular weight is 562 g/mol. The first kappa shape index (κ1) is 28.1. The van der Waals surface area contributed by atoms with Crippen LogP contribution in [0.1, 0.15) is 37.9 Å². The summed E-state index contributed by atoms with van der Waals surface area (Å²) >= 11 is 1.17. The molecule has 0 fully saturated rings. The standard InChI is InChI=1S/C27H26F3N3O5S/c1-5-7-20(25(35)37-6-2)38-19-10-8-15(3)12-17(19)24-18-13-16(9-11-21(18)39-31-24)33-23(34)14-22(27(28,29)30)32(4)26(33)36/h8-14,20H,5-7H2,1-4H3. The molecule has 0 spiro atoms. The number of hydrogen-bond donors (Lipinski definition) is 0. The lowest BCUT2D eigenvalue weighted by molar-refractivity contribution is -0.151. The van der Waals surface area contributed by atoms with Gasteiger partial charge in [-0.3, -0.25) is 9.36 Å². The third-order valence-corrected chi connectivity index (χ3v) is 6.91. The number of hydrogen-bond acceptors (Lipinski definition) is 7. The van der Waals surface area contributed by atoms with Crippen LogP contribution in [-0.2, 0) is 22.8 Å². The molecule has 1 atom stereocenters. The van der Waals surface area contributed by atoms with Gasteiger partial charge in [0.2, 0.25) is 0 Å². The fourth-order valence-electron chi connectivity index (χ4n) is 4.20. The molecule has 0 N–H and O–H groups in total. The number of aryl methyl sites for hydroxylation is 1. The summed E-state index contributed by atoms with van der Waals surface area (Å²) in [5.74, 6) is -0.0823. The summed E-state index contributed by atoms with van der Waals surface area (Å²) in [6.45, 7) is 5.74. The molecule has 0 aliphatic carbocycles. The maximum absolute atomic E-state index is 13.3. The van der Waals surface area contributed by atoms with Crippen molar-refractivity contribution in [1.82, 2.24) is 13.5 Å². The van der Waals surface area contributed by atoms with Crippen molar-refractivity contribution in [2.24, 2.45) is 7.05 Å². The number of esters is 1. The van der Waals surface area contributed by atoms with E-state index in [9.17, 15) is 27.6 Å². The van der Waals surface area contributed by atoms with Gasteiger partial charge < -0.3 is 9.47 Å². The van der Waals surface area contributed by atoms with Crippen LogP contribution in [0.15, 0.2) is 52.1 Å². The van der Waals surface area contributed by atoms with E-state index in [2.05, 4.69) is 4.37 Å². The van der Waals surface area contributed by atoms with Crippen LogP contribution < -0.4 is 16.0 Å². The number of nitrogens with zero attached hydrogens (tertiary/aromatic N) is 3. The van der Waals surface area contributed by atoms with E-state index in [0.29, 0.717) is 55.1 Å². The molecule has 12 heteroatoms. The number of fused-ring (bicyclic) bond motifs is 1. The van der Waals surface area contributed by atoms with Gasteiger partial charge in [0.25, 0.3) is 5.56 Å². The van der Waals surface area contributed by atoms with Crippen molar-refractivity contribution >= 4 is 27.6 Å². The third kappa shape index (κ3) is 5.60. The van der Waals surface area contributed by atoms with Crippen molar-refractivity contribution in [3.05, 3.63) is 74.6 Å². The lowest BCUT2D eigenvalue weighted by atomic mass is 10.0. The van der Waals surface area contributed by atoms with Crippen LogP contribution in [0.2, 0.25) is 0 Å². The molecule has 2 aromatic carbocycles. The summed E-state index contributed by atoms with van der Waals surface area (Å²) in [5, 5.41) is 0.560. The first-order valence-electron chi connectivity index (χ1n) is 12.2. The van der Waals surface area contributed by atoms with Crippen molar-refractivity contribution in [1.29, 1.82) is 0 Å². The minimum Gasteiger partial charge on any atom is -0.478 e. The highest BCUT2D eigenvalue weighted by atomic mass is 32.1. The van der Waals surface area contributed by atoms with Crippen LogP contribution >= 0.6 is 11.5 Å². The highest BCUT2D eigenvalue weighted by Gasteiger charge is 2.35. The number of alkyl halides is 3. The normalized spacial score (nSPS) is 12.5. The molecular formula is C27H26F3N3O5S. The van der Waals surface area contributed by atoms with Gasteiger partial charge in [-0.05, 0) is 62.1 Å². The predicted molar refractivity (Wildman–Crippen MR) is 142 cm³/mol. The Morgan fingerprint density at radius 3 is 2.51 bits per heavy atom. The van der Waals surface area contributed by atoms with Gasteiger partial charge in [-0.15, -0.1) is 0 Å². The molecule has 0 aliphatic heterocycles. The maximum atomic E-state index is 13.3. The summed E-state index contributed by atoms with van der Waals surface area (Å²) in [5.41, 5.74) is -1.53. The molecule has 4 rings (SSSR count). The van der Waals surface area contributed by atoms with E-state index >= 15 is 0 Å². The lowest BCUT2D eigenvalue weighted by Crippen LogP contribution is -2.40. The summed E-state index contributed by atoms with van der Waals surface area (Å²) in [6, 6.07) is 10.5. The van der Waals surface area contributed by atoms with Crippen LogP contribution in [0.3, 0.4) is 0 Å². The van der Waals surface area contributed by atoms with E-state index in [0.717, 1.165) is 12.6 Å². The molecule has 39 heavy (non-hydrogen) atoms. The van der Waals surface area contributed by atoms with Crippen LogP contribution in [-0.4, -0.2) is 32.2 Å². The van der Waals surface area contributed by atoms with Gasteiger partial charge in [-0.25, -0.2) is 14.2 Å². The Labute approximate surface area is 225 Å². The molecule has 0 amide bonds. The highest BCUT2D eigenvalue weighted by molar-refractivity contribution is 7.13. The smallest absolute Gasteiger partial charge is 0.431 e. The number of carbonyl (C=O) groups is 1. The number of benzene rings is 2. The van der Waals surface area contributed by atoms with Gasteiger partial charge in [-0.2, -0.15) is 17.5 Å². The van der Waals surface area contributed by atoms with E-state index < -0.39 is 35.2 Å². The molecule has 0 saturated carbocycles. The van der Waals surface area contributed by atoms with E-state index in [-0.39, 0.29) is 12.3 Å². The predicted octanol–water partition coefficient (Wildman–Crippen LogP) is 5.25. The molecular weight excluding hydrogens is 535 g/mol. The number of ether oxygens (including phenoxy) is 2. The summed E-state index contributed by atoms with van der Waals surface area (Å²) < 4.78 is 57.5. The molecule has 2 aromatic heterocycles. The van der Waals surface area contributed by atoms with Crippen LogP contribution in [0.25, 0.3) is 27.0 Å². The van der Waals surface area contributed by atoms with Crippen LogP contribution in [0, 0.1) is 6.92 Å². The summed E-state index contributed by atoms with van der Waals surface area (Å²) in [4.78, 5) is 38.0. The fourth-order valence-corrected chi connectivity index (χ4v) is 4.97. The van der Waals surface area contributed by atoms with E-state index in [1.165, 1.54) is 23.7 Å². The number of aromatic nitrogens is 3. The topological polar surface area (TPSA) is 92.4 Å². The van der Waals surface area contributed by atoms with E-state index in [4.69, 9.17) is 9.47 Å². The van der Waals surface area contributed by atoms with Gasteiger partial charge >= 0.3 is 17.8 Å². The largest absolute Gasteiger partial charge is 0.478 e.